The molecule has 0 atom stereocenters. The van der Waals surface area contributed by atoms with Gasteiger partial charge in [-0.2, -0.15) is 4.39 Å². The first-order valence-electron chi connectivity index (χ1n) is 7.31. The van der Waals surface area contributed by atoms with E-state index < -0.39 is 16.4 Å². The second kappa shape index (κ2) is 6.95. The highest BCUT2D eigenvalue weighted by Crippen LogP contribution is 2.24. The van der Waals surface area contributed by atoms with E-state index in [0.717, 1.165) is 31.2 Å². The van der Waals surface area contributed by atoms with Crippen LogP contribution < -0.4 is 5.32 Å². The Morgan fingerprint density at radius 3 is 2.57 bits per heavy atom. The van der Waals surface area contributed by atoms with E-state index in [-0.39, 0.29) is 0 Å². The zero-order valence-electron chi connectivity index (χ0n) is 12.5. The van der Waals surface area contributed by atoms with Crippen LogP contribution in [0.15, 0.2) is 18.2 Å². The Kier molecular flexibility index (Phi) is 5.25. The lowest BCUT2D eigenvalue weighted by molar-refractivity contribution is -0.387. The molecule has 0 bridgehead atoms. The summed E-state index contributed by atoms with van der Waals surface area (Å²) in [6.07, 6.45) is 4.55. The van der Waals surface area contributed by atoms with Crippen LogP contribution in [0.25, 0.3) is 0 Å². The van der Waals surface area contributed by atoms with Gasteiger partial charge in [0.1, 0.15) is 0 Å². The molecule has 2 rings (SSSR count). The predicted octanol–water partition coefficient (Wildman–Crippen LogP) is 2.70. The average molecular weight is 295 g/mol. The molecular weight excluding hydrogens is 273 g/mol. The van der Waals surface area contributed by atoms with Crippen LogP contribution in [-0.4, -0.2) is 36.0 Å². The van der Waals surface area contributed by atoms with Gasteiger partial charge in [-0.3, -0.25) is 15.0 Å². The Hall–Kier alpha value is -1.53. The summed E-state index contributed by atoms with van der Waals surface area (Å²) in [4.78, 5) is 12.1. The highest BCUT2D eigenvalue weighted by Gasteiger charge is 2.23. The molecule has 0 aromatic heterocycles. The number of nitro benzene ring substituents is 1. The first-order valence-corrected chi connectivity index (χ1v) is 7.31. The fourth-order valence-electron chi connectivity index (χ4n) is 3.02. The smallest absolute Gasteiger partial charge is 0.304 e. The van der Waals surface area contributed by atoms with Crippen LogP contribution in [0.4, 0.5) is 10.1 Å². The molecular formula is C15H22FN3O2. The third kappa shape index (κ3) is 3.98. The van der Waals surface area contributed by atoms with E-state index in [1.54, 1.807) is 6.07 Å². The molecule has 0 aliphatic heterocycles. The lowest BCUT2D eigenvalue weighted by atomic mass is 9.90. The van der Waals surface area contributed by atoms with Crippen LogP contribution in [0.3, 0.4) is 0 Å². The molecule has 1 aliphatic carbocycles. The van der Waals surface area contributed by atoms with E-state index in [1.165, 1.54) is 12.1 Å². The summed E-state index contributed by atoms with van der Waals surface area (Å²) in [7, 11) is 4.03. The fraction of sp³-hybridized carbons (Fsp3) is 0.600. The number of nitrogens with zero attached hydrogens (tertiary/aromatic N) is 2. The second-order valence-electron chi connectivity index (χ2n) is 5.75. The molecule has 1 aliphatic rings. The minimum Gasteiger partial charge on any atom is -0.317 e. The van der Waals surface area contributed by atoms with Gasteiger partial charge in [0.25, 0.3) is 0 Å². The summed E-state index contributed by atoms with van der Waals surface area (Å²) in [6.45, 7) is 0.615. The third-order valence-corrected chi connectivity index (χ3v) is 4.37. The van der Waals surface area contributed by atoms with Crippen LogP contribution in [0.2, 0.25) is 0 Å². The number of hydrogen-bond donors (Lipinski definition) is 1. The average Bonchev–Trinajstić information content (AvgIpc) is 2.47. The van der Waals surface area contributed by atoms with E-state index in [9.17, 15) is 14.5 Å². The Bertz CT molecular complexity index is 502. The molecule has 0 unspecified atom stereocenters. The minimum absolute atomic E-state index is 0.462. The SMILES string of the molecule is CNC1CCC(N(C)Cc2ccc([N+](=O)[O-])c(F)c2)CC1. The molecule has 0 spiro atoms. The first-order chi connectivity index (χ1) is 10.0. The number of rotatable bonds is 5. The number of hydrogen-bond acceptors (Lipinski definition) is 4. The zero-order chi connectivity index (χ0) is 15.4. The van der Waals surface area contributed by atoms with Gasteiger partial charge in [-0.15, -0.1) is 0 Å². The number of nitro groups is 1. The normalized spacial score (nSPS) is 22.5. The van der Waals surface area contributed by atoms with Gasteiger partial charge in [0, 0.05) is 24.7 Å². The molecule has 1 N–H and O–H groups in total. The fourth-order valence-corrected chi connectivity index (χ4v) is 3.02. The van der Waals surface area contributed by atoms with E-state index in [1.807, 2.05) is 14.1 Å². The Morgan fingerprint density at radius 1 is 1.38 bits per heavy atom. The van der Waals surface area contributed by atoms with Gasteiger partial charge >= 0.3 is 5.69 Å². The van der Waals surface area contributed by atoms with Gasteiger partial charge in [0.05, 0.1) is 4.92 Å². The van der Waals surface area contributed by atoms with Crippen LogP contribution in [0.5, 0.6) is 0 Å². The molecule has 1 fully saturated rings. The maximum atomic E-state index is 13.6. The lowest BCUT2D eigenvalue weighted by Crippen LogP contribution is -2.39. The van der Waals surface area contributed by atoms with Crippen LogP contribution in [0, 0.1) is 15.9 Å². The highest BCUT2D eigenvalue weighted by atomic mass is 19.1. The van der Waals surface area contributed by atoms with Crippen LogP contribution in [0.1, 0.15) is 31.2 Å². The summed E-state index contributed by atoms with van der Waals surface area (Å²) >= 11 is 0. The predicted molar refractivity (Wildman–Crippen MR) is 79.6 cm³/mol. The maximum Gasteiger partial charge on any atom is 0.304 e. The van der Waals surface area contributed by atoms with Gasteiger partial charge in [0.15, 0.2) is 0 Å². The van der Waals surface area contributed by atoms with Crippen molar-refractivity contribution in [3.63, 3.8) is 0 Å². The standard InChI is InChI=1S/C15H22FN3O2/c1-17-12-4-6-13(7-5-12)18(2)10-11-3-8-15(19(20)21)14(16)9-11/h3,8-9,12-13,17H,4-7,10H2,1-2H3. The van der Waals surface area contributed by atoms with Crippen molar-refractivity contribution in [1.82, 2.24) is 10.2 Å². The Balaban J connectivity index is 1.95. The van der Waals surface area contributed by atoms with Gasteiger partial charge in [0.2, 0.25) is 5.82 Å². The molecule has 0 heterocycles. The molecule has 1 aromatic rings. The molecule has 116 valence electrons. The summed E-state index contributed by atoms with van der Waals surface area (Å²) in [6, 6.07) is 5.25. The minimum atomic E-state index is -0.759. The van der Waals surface area contributed by atoms with Gasteiger partial charge in [-0.1, -0.05) is 6.07 Å². The van der Waals surface area contributed by atoms with Crippen molar-refractivity contribution in [2.45, 2.75) is 44.3 Å². The first kappa shape index (κ1) is 15.9. The van der Waals surface area contributed by atoms with Crippen molar-refractivity contribution in [3.05, 3.63) is 39.7 Å². The largest absolute Gasteiger partial charge is 0.317 e. The van der Waals surface area contributed by atoms with E-state index in [0.29, 0.717) is 18.6 Å². The zero-order valence-corrected chi connectivity index (χ0v) is 12.5. The number of nitrogens with one attached hydrogen (secondary N) is 1. The molecule has 0 radical (unpaired) electrons. The maximum absolute atomic E-state index is 13.6. The van der Waals surface area contributed by atoms with Crippen LogP contribution in [-0.2, 0) is 6.54 Å². The highest BCUT2D eigenvalue weighted by molar-refractivity contribution is 5.34. The van der Waals surface area contributed by atoms with Crippen molar-refractivity contribution in [1.29, 1.82) is 0 Å². The summed E-state index contributed by atoms with van der Waals surface area (Å²) in [5.41, 5.74) is 0.312. The number of halogens is 1. The number of benzene rings is 1. The van der Waals surface area contributed by atoms with Crippen molar-refractivity contribution in [2.75, 3.05) is 14.1 Å². The molecule has 5 nitrogen and oxygen atoms in total. The van der Waals surface area contributed by atoms with Crippen molar-refractivity contribution >= 4 is 5.69 Å². The summed E-state index contributed by atoms with van der Waals surface area (Å²) in [5.74, 6) is -0.759. The lowest BCUT2D eigenvalue weighted by Gasteiger charge is -2.34. The van der Waals surface area contributed by atoms with Crippen molar-refractivity contribution in [3.8, 4) is 0 Å². The van der Waals surface area contributed by atoms with Crippen molar-refractivity contribution in [2.24, 2.45) is 0 Å². The Labute approximate surface area is 124 Å². The molecule has 21 heavy (non-hydrogen) atoms. The second-order valence-corrected chi connectivity index (χ2v) is 5.75. The molecule has 6 heteroatoms. The van der Waals surface area contributed by atoms with Gasteiger partial charge in [-0.05, 0) is 51.4 Å². The van der Waals surface area contributed by atoms with Gasteiger partial charge < -0.3 is 5.32 Å². The van der Waals surface area contributed by atoms with E-state index in [4.69, 9.17) is 0 Å². The topological polar surface area (TPSA) is 58.4 Å². The monoisotopic (exact) mass is 295 g/mol. The van der Waals surface area contributed by atoms with Crippen LogP contribution >= 0.6 is 0 Å². The summed E-state index contributed by atoms with van der Waals surface area (Å²) < 4.78 is 13.6. The molecule has 1 aromatic carbocycles. The molecule has 0 amide bonds. The van der Waals surface area contributed by atoms with Crippen molar-refractivity contribution < 1.29 is 9.31 Å². The Morgan fingerprint density at radius 2 is 2.05 bits per heavy atom. The van der Waals surface area contributed by atoms with E-state index >= 15 is 0 Å². The third-order valence-electron chi connectivity index (χ3n) is 4.37. The molecule has 0 saturated heterocycles. The van der Waals surface area contributed by atoms with Gasteiger partial charge in [-0.25, -0.2) is 0 Å². The summed E-state index contributed by atoms with van der Waals surface area (Å²) in [5, 5.41) is 13.9. The van der Waals surface area contributed by atoms with E-state index in [2.05, 4.69) is 10.2 Å². The quantitative estimate of drug-likeness (QED) is 0.670. The molecule has 1 saturated carbocycles.